The Balaban J connectivity index is 1.67. The van der Waals surface area contributed by atoms with Gasteiger partial charge in [-0.05, 0) is 23.8 Å². The van der Waals surface area contributed by atoms with Gasteiger partial charge in [-0.2, -0.15) is 13.2 Å². The van der Waals surface area contributed by atoms with Crippen molar-refractivity contribution in [1.82, 2.24) is 14.9 Å². The lowest BCUT2D eigenvalue weighted by atomic mass is 10.2. The summed E-state index contributed by atoms with van der Waals surface area (Å²) in [4.78, 5) is 22.1. The molecule has 0 aliphatic heterocycles. The largest absolute Gasteiger partial charge is 0.416 e. The molecule has 3 aromatic rings. The number of aromatic nitrogens is 2. The molecule has 0 bridgehead atoms. The second kappa shape index (κ2) is 8.08. The Morgan fingerprint density at radius 1 is 1.04 bits per heavy atom. The number of nitrogens with one attached hydrogen (secondary N) is 1. The number of alkyl halides is 3. The Bertz CT molecular complexity index is 944. The Kier molecular flexibility index (Phi) is 5.58. The molecule has 8 heteroatoms. The number of hydrogen-bond acceptors (Lipinski definition) is 4. The van der Waals surface area contributed by atoms with E-state index in [1.165, 1.54) is 29.4 Å². The lowest BCUT2D eigenvalue weighted by Gasteiger charge is -2.17. The van der Waals surface area contributed by atoms with Crippen molar-refractivity contribution in [3.8, 4) is 0 Å². The van der Waals surface area contributed by atoms with Gasteiger partial charge in [-0.25, -0.2) is 9.97 Å². The summed E-state index contributed by atoms with van der Waals surface area (Å²) in [6, 6.07) is 14.2. The standard InChI is InChI=1S/C20H17F3N4O/c1-27(13-14-6-3-2-4-7-14)18(28)15-11-24-19(25-12-15)26-17-9-5-8-16(10-17)20(21,22)23/h2-12H,13H2,1H3,(H,24,25,26). The van der Waals surface area contributed by atoms with Crippen molar-refractivity contribution in [1.29, 1.82) is 0 Å². The van der Waals surface area contributed by atoms with Crippen LogP contribution in [-0.2, 0) is 12.7 Å². The molecule has 0 aliphatic carbocycles. The second-order valence-corrected chi connectivity index (χ2v) is 6.15. The van der Waals surface area contributed by atoms with Crippen LogP contribution in [0.25, 0.3) is 0 Å². The molecule has 1 aromatic heterocycles. The van der Waals surface area contributed by atoms with Gasteiger partial charge in [0.1, 0.15) is 0 Å². The van der Waals surface area contributed by atoms with E-state index in [9.17, 15) is 18.0 Å². The number of carbonyl (C=O) groups excluding carboxylic acids is 1. The van der Waals surface area contributed by atoms with E-state index < -0.39 is 11.7 Å². The van der Waals surface area contributed by atoms with Crippen LogP contribution in [0.15, 0.2) is 67.0 Å². The number of benzene rings is 2. The van der Waals surface area contributed by atoms with Crippen molar-refractivity contribution in [3.05, 3.63) is 83.7 Å². The lowest BCUT2D eigenvalue weighted by molar-refractivity contribution is -0.137. The molecular formula is C20H17F3N4O. The minimum absolute atomic E-state index is 0.0987. The first-order valence-electron chi connectivity index (χ1n) is 8.38. The van der Waals surface area contributed by atoms with Crippen LogP contribution in [0, 0.1) is 0 Å². The molecule has 1 heterocycles. The van der Waals surface area contributed by atoms with Crippen LogP contribution < -0.4 is 5.32 Å². The molecule has 0 aliphatic rings. The number of anilines is 2. The molecule has 0 unspecified atom stereocenters. The topological polar surface area (TPSA) is 58.1 Å². The van der Waals surface area contributed by atoms with Gasteiger partial charge in [-0.3, -0.25) is 4.79 Å². The van der Waals surface area contributed by atoms with Crippen LogP contribution in [0.4, 0.5) is 24.8 Å². The number of rotatable bonds is 5. The molecule has 0 radical (unpaired) electrons. The van der Waals surface area contributed by atoms with Gasteiger partial charge in [0, 0.05) is 31.7 Å². The molecular weight excluding hydrogens is 369 g/mol. The van der Waals surface area contributed by atoms with E-state index in [4.69, 9.17) is 0 Å². The molecule has 1 N–H and O–H groups in total. The van der Waals surface area contributed by atoms with Crippen molar-refractivity contribution < 1.29 is 18.0 Å². The van der Waals surface area contributed by atoms with E-state index >= 15 is 0 Å². The SMILES string of the molecule is CN(Cc1ccccc1)C(=O)c1cnc(Nc2cccc(C(F)(F)F)c2)nc1. The number of amides is 1. The van der Waals surface area contributed by atoms with Gasteiger partial charge >= 0.3 is 6.18 Å². The van der Waals surface area contributed by atoms with Crippen molar-refractivity contribution in [2.75, 3.05) is 12.4 Å². The number of halogens is 3. The maximum Gasteiger partial charge on any atom is 0.416 e. The van der Waals surface area contributed by atoms with Crippen LogP contribution in [-0.4, -0.2) is 27.8 Å². The number of carbonyl (C=O) groups is 1. The number of hydrogen-bond donors (Lipinski definition) is 1. The third kappa shape index (κ3) is 4.85. The van der Waals surface area contributed by atoms with E-state index in [1.54, 1.807) is 7.05 Å². The molecule has 144 valence electrons. The van der Waals surface area contributed by atoms with Gasteiger partial charge in [0.05, 0.1) is 11.1 Å². The highest BCUT2D eigenvalue weighted by atomic mass is 19.4. The molecule has 1 amide bonds. The monoisotopic (exact) mass is 386 g/mol. The van der Waals surface area contributed by atoms with Crippen LogP contribution >= 0.6 is 0 Å². The third-order valence-corrected chi connectivity index (χ3v) is 3.95. The summed E-state index contributed by atoms with van der Waals surface area (Å²) in [5, 5.41) is 2.70. The van der Waals surface area contributed by atoms with Crippen molar-refractivity contribution in [2.24, 2.45) is 0 Å². The quantitative estimate of drug-likeness (QED) is 0.701. The van der Waals surface area contributed by atoms with Gasteiger partial charge in [0.15, 0.2) is 0 Å². The zero-order chi connectivity index (χ0) is 20.1. The van der Waals surface area contributed by atoms with Gasteiger partial charge in [-0.1, -0.05) is 36.4 Å². The molecule has 0 atom stereocenters. The number of nitrogens with zero attached hydrogens (tertiary/aromatic N) is 3. The first-order chi connectivity index (χ1) is 13.3. The summed E-state index contributed by atoms with van der Waals surface area (Å²) in [5.74, 6) is -0.156. The highest BCUT2D eigenvalue weighted by molar-refractivity contribution is 5.93. The zero-order valence-corrected chi connectivity index (χ0v) is 14.9. The molecule has 5 nitrogen and oxygen atoms in total. The predicted molar refractivity (Wildman–Crippen MR) is 99.0 cm³/mol. The van der Waals surface area contributed by atoms with E-state index in [2.05, 4.69) is 15.3 Å². The molecule has 0 fully saturated rings. The summed E-state index contributed by atoms with van der Waals surface area (Å²) in [5.41, 5.74) is 0.706. The molecule has 3 rings (SSSR count). The second-order valence-electron chi connectivity index (χ2n) is 6.15. The van der Waals surface area contributed by atoms with Crippen molar-refractivity contribution in [3.63, 3.8) is 0 Å². The fourth-order valence-corrected chi connectivity index (χ4v) is 2.55. The average Bonchev–Trinajstić information content (AvgIpc) is 2.68. The summed E-state index contributed by atoms with van der Waals surface area (Å²) < 4.78 is 38.3. The van der Waals surface area contributed by atoms with Crippen LogP contribution in [0.3, 0.4) is 0 Å². The van der Waals surface area contributed by atoms with Gasteiger partial charge in [-0.15, -0.1) is 0 Å². The Hall–Kier alpha value is -3.42. The maximum absolute atomic E-state index is 12.8. The molecule has 0 saturated carbocycles. The zero-order valence-electron chi connectivity index (χ0n) is 14.9. The summed E-state index contributed by atoms with van der Waals surface area (Å²) in [6.07, 6.45) is -1.75. The minimum atomic E-state index is -4.43. The van der Waals surface area contributed by atoms with Crippen LogP contribution in [0.2, 0.25) is 0 Å². The summed E-state index contributed by atoms with van der Waals surface area (Å²) in [6.45, 7) is 0.434. The average molecular weight is 386 g/mol. The van der Waals surface area contributed by atoms with Gasteiger partial charge < -0.3 is 10.2 Å². The Morgan fingerprint density at radius 3 is 2.36 bits per heavy atom. The molecule has 0 saturated heterocycles. The smallest absolute Gasteiger partial charge is 0.337 e. The van der Waals surface area contributed by atoms with Gasteiger partial charge in [0.25, 0.3) is 5.91 Å². The van der Waals surface area contributed by atoms with Crippen molar-refractivity contribution >= 4 is 17.5 Å². The molecule has 28 heavy (non-hydrogen) atoms. The highest BCUT2D eigenvalue weighted by Gasteiger charge is 2.30. The normalized spacial score (nSPS) is 11.1. The van der Waals surface area contributed by atoms with E-state index in [1.807, 2.05) is 30.3 Å². The van der Waals surface area contributed by atoms with E-state index in [0.717, 1.165) is 17.7 Å². The highest BCUT2D eigenvalue weighted by Crippen LogP contribution is 2.31. The Morgan fingerprint density at radius 2 is 1.71 bits per heavy atom. The first-order valence-corrected chi connectivity index (χ1v) is 8.38. The van der Waals surface area contributed by atoms with Crippen molar-refractivity contribution in [2.45, 2.75) is 12.7 Å². The fraction of sp³-hybridized carbons (Fsp3) is 0.150. The Labute approximate surface area is 159 Å². The third-order valence-electron chi connectivity index (χ3n) is 3.95. The predicted octanol–water partition coefficient (Wildman–Crippen LogP) is 4.51. The van der Waals surface area contributed by atoms with Gasteiger partial charge in [0.2, 0.25) is 5.95 Å². The molecule has 0 spiro atoms. The summed E-state index contributed by atoms with van der Waals surface area (Å²) in [7, 11) is 1.67. The fourth-order valence-electron chi connectivity index (χ4n) is 2.55. The van der Waals surface area contributed by atoms with E-state index in [0.29, 0.717) is 6.54 Å². The minimum Gasteiger partial charge on any atom is -0.337 e. The molecule has 2 aromatic carbocycles. The van der Waals surface area contributed by atoms with Crippen LogP contribution in [0.1, 0.15) is 21.5 Å². The summed E-state index contributed by atoms with van der Waals surface area (Å²) >= 11 is 0. The first kappa shape index (κ1) is 19.3. The lowest BCUT2D eigenvalue weighted by Crippen LogP contribution is -2.26. The van der Waals surface area contributed by atoms with E-state index in [-0.39, 0.29) is 23.1 Å². The van der Waals surface area contributed by atoms with Crippen LogP contribution in [0.5, 0.6) is 0 Å². The maximum atomic E-state index is 12.8.